The summed E-state index contributed by atoms with van der Waals surface area (Å²) in [6, 6.07) is 5.40. The third kappa shape index (κ3) is 3.09. The standard InChI is InChI=1S/C13H12FNO4/c14-10-3-1-2-4-11(10)15-12(6-19-8-16)9-5-18-7-13(9)17/h1-5,8,12,15H,6-7H2. The van der Waals surface area contributed by atoms with E-state index in [1.807, 2.05) is 0 Å². The van der Waals surface area contributed by atoms with Crippen LogP contribution < -0.4 is 5.32 Å². The van der Waals surface area contributed by atoms with Crippen LogP contribution in [0, 0.1) is 5.82 Å². The maximum absolute atomic E-state index is 13.5. The summed E-state index contributed by atoms with van der Waals surface area (Å²) in [5.41, 5.74) is 0.549. The highest BCUT2D eigenvalue weighted by Gasteiger charge is 2.26. The third-order valence-corrected chi connectivity index (χ3v) is 2.66. The molecule has 100 valence electrons. The van der Waals surface area contributed by atoms with E-state index in [2.05, 4.69) is 10.1 Å². The minimum Gasteiger partial charge on any atom is -0.493 e. The zero-order chi connectivity index (χ0) is 13.7. The molecule has 0 aliphatic carbocycles. The normalized spacial score (nSPS) is 15.4. The molecule has 0 saturated heterocycles. The van der Waals surface area contributed by atoms with Gasteiger partial charge in [-0.25, -0.2) is 4.39 Å². The van der Waals surface area contributed by atoms with Crippen LogP contribution in [0.2, 0.25) is 0 Å². The van der Waals surface area contributed by atoms with Gasteiger partial charge in [-0.15, -0.1) is 0 Å². The molecule has 0 radical (unpaired) electrons. The lowest BCUT2D eigenvalue weighted by atomic mass is 10.1. The van der Waals surface area contributed by atoms with Gasteiger partial charge in [0.25, 0.3) is 6.47 Å². The smallest absolute Gasteiger partial charge is 0.293 e. The van der Waals surface area contributed by atoms with E-state index in [0.717, 1.165) is 0 Å². The number of ketones is 1. The maximum Gasteiger partial charge on any atom is 0.293 e. The Morgan fingerprint density at radius 1 is 1.47 bits per heavy atom. The number of rotatable bonds is 6. The summed E-state index contributed by atoms with van der Waals surface area (Å²) in [6.07, 6.45) is 1.30. The highest BCUT2D eigenvalue weighted by Crippen LogP contribution is 2.19. The lowest BCUT2D eigenvalue weighted by molar-refractivity contribution is -0.129. The van der Waals surface area contributed by atoms with Crippen molar-refractivity contribution in [2.24, 2.45) is 0 Å². The lowest BCUT2D eigenvalue weighted by Crippen LogP contribution is -2.31. The highest BCUT2D eigenvalue weighted by atomic mass is 19.1. The molecule has 1 heterocycles. The van der Waals surface area contributed by atoms with Crippen molar-refractivity contribution in [1.82, 2.24) is 0 Å². The molecule has 19 heavy (non-hydrogen) atoms. The Hall–Kier alpha value is -2.37. The van der Waals surface area contributed by atoms with Crippen molar-refractivity contribution in [3.05, 3.63) is 41.9 Å². The van der Waals surface area contributed by atoms with Crippen molar-refractivity contribution in [2.45, 2.75) is 6.04 Å². The van der Waals surface area contributed by atoms with E-state index in [1.165, 1.54) is 18.4 Å². The summed E-state index contributed by atoms with van der Waals surface area (Å²) in [5.74, 6) is -0.672. The zero-order valence-electron chi connectivity index (χ0n) is 9.97. The number of Topliss-reactive ketones (excluding diaryl/α,β-unsaturated/α-hetero) is 1. The van der Waals surface area contributed by atoms with Crippen molar-refractivity contribution in [1.29, 1.82) is 0 Å². The highest BCUT2D eigenvalue weighted by molar-refractivity contribution is 5.99. The average molecular weight is 265 g/mol. The Balaban J connectivity index is 2.16. The number of hydrogen-bond donors (Lipinski definition) is 1. The Morgan fingerprint density at radius 2 is 2.26 bits per heavy atom. The molecule has 1 aromatic carbocycles. The second kappa shape index (κ2) is 5.99. The van der Waals surface area contributed by atoms with Crippen LogP contribution in [0.5, 0.6) is 0 Å². The fourth-order valence-corrected chi connectivity index (χ4v) is 1.74. The summed E-state index contributed by atoms with van der Waals surface area (Å²) in [6.45, 7) is 0.140. The van der Waals surface area contributed by atoms with Crippen molar-refractivity contribution in [3.63, 3.8) is 0 Å². The lowest BCUT2D eigenvalue weighted by Gasteiger charge is -2.18. The third-order valence-electron chi connectivity index (χ3n) is 2.66. The van der Waals surface area contributed by atoms with Gasteiger partial charge < -0.3 is 14.8 Å². The molecule has 2 rings (SSSR count). The van der Waals surface area contributed by atoms with Crippen molar-refractivity contribution in [2.75, 3.05) is 18.5 Å². The predicted molar refractivity (Wildman–Crippen MR) is 64.9 cm³/mol. The second-order valence-corrected chi connectivity index (χ2v) is 3.91. The molecule has 0 spiro atoms. The molecule has 1 aliphatic rings. The quantitative estimate of drug-likeness (QED) is 0.784. The first-order valence-corrected chi connectivity index (χ1v) is 5.63. The summed E-state index contributed by atoms with van der Waals surface area (Å²) in [7, 11) is 0. The van der Waals surface area contributed by atoms with Crippen LogP contribution in [0.15, 0.2) is 36.1 Å². The Morgan fingerprint density at radius 3 is 2.89 bits per heavy atom. The zero-order valence-corrected chi connectivity index (χ0v) is 9.97. The van der Waals surface area contributed by atoms with Gasteiger partial charge in [0.2, 0.25) is 5.78 Å². The van der Waals surface area contributed by atoms with Gasteiger partial charge in [0.1, 0.15) is 12.4 Å². The summed E-state index contributed by atoms with van der Waals surface area (Å²) >= 11 is 0. The van der Waals surface area contributed by atoms with E-state index in [1.54, 1.807) is 12.1 Å². The Bertz CT molecular complexity index is 515. The second-order valence-electron chi connectivity index (χ2n) is 3.91. The minimum atomic E-state index is -0.642. The van der Waals surface area contributed by atoms with E-state index >= 15 is 0 Å². The topological polar surface area (TPSA) is 64.6 Å². The first kappa shape index (κ1) is 13.1. The Kier molecular flexibility index (Phi) is 4.12. The number of carbonyl (C=O) groups is 2. The summed E-state index contributed by atoms with van der Waals surface area (Å²) < 4.78 is 23.1. The molecular weight excluding hydrogens is 253 g/mol. The van der Waals surface area contributed by atoms with Crippen LogP contribution in [-0.2, 0) is 19.1 Å². The monoisotopic (exact) mass is 265 g/mol. The molecule has 6 heteroatoms. The van der Waals surface area contributed by atoms with Gasteiger partial charge in [-0.05, 0) is 12.1 Å². The molecule has 0 amide bonds. The number of para-hydroxylation sites is 1. The average Bonchev–Trinajstić information content (AvgIpc) is 2.83. The molecule has 0 bridgehead atoms. The minimum absolute atomic E-state index is 0.0497. The number of benzene rings is 1. The fourth-order valence-electron chi connectivity index (χ4n) is 1.74. The molecular formula is C13H12FNO4. The van der Waals surface area contributed by atoms with Crippen molar-refractivity contribution < 1.29 is 23.5 Å². The van der Waals surface area contributed by atoms with Gasteiger partial charge in [-0.2, -0.15) is 0 Å². The first-order chi connectivity index (χ1) is 9.22. The van der Waals surface area contributed by atoms with Crippen LogP contribution in [0.1, 0.15) is 0 Å². The maximum atomic E-state index is 13.5. The van der Waals surface area contributed by atoms with Gasteiger partial charge in [0.15, 0.2) is 6.61 Å². The van der Waals surface area contributed by atoms with Gasteiger partial charge in [-0.1, -0.05) is 12.1 Å². The molecule has 1 atom stereocenters. The number of carbonyl (C=O) groups excluding carboxylic acids is 2. The number of anilines is 1. The molecule has 1 aromatic rings. The number of ether oxygens (including phenoxy) is 2. The number of nitrogens with one attached hydrogen (secondary N) is 1. The van der Waals surface area contributed by atoms with Crippen molar-refractivity contribution in [3.8, 4) is 0 Å². The van der Waals surface area contributed by atoms with E-state index in [0.29, 0.717) is 5.57 Å². The van der Waals surface area contributed by atoms with Crippen LogP contribution in [0.4, 0.5) is 10.1 Å². The summed E-state index contributed by atoms with van der Waals surface area (Å²) in [5, 5.41) is 2.83. The largest absolute Gasteiger partial charge is 0.493 e. The van der Waals surface area contributed by atoms with Crippen molar-refractivity contribution >= 4 is 17.9 Å². The van der Waals surface area contributed by atoms with E-state index in [9.17, 15) is 14.0 Å². The SMILES string of the molecule is O=COCC(Nc1ccccc1F)C1=COCC1=O. The molecule has 1 N–H and O–H groups in total. The fraction of sp³-hybridized carbons (Fsp3) is 0.231. The molecule has 1 unspecified atom stereocenters. The van der Waals surface area contributed by atoms with E-state index in [-0.39, 0.29) is 31.2 Å². The van der Waals surface area contributed by atoms with E-state index < -0.39 is 11.9 Å². The molecule has 0 aromatic heterocycles. The molecule has 1 aliphatic heterocycles. The molecule has 0 saturated carbocycles. The molecule has 5 nitrogen and oxygen atoms in total. The first-order valence-electron chi connectivity index (χ1n) is 5.63. The van der Waals surface area contributed by atoms with Crippen LogP contribution in [0.25, 0.3) is 0 Å². The van der Waals surface area contributed by atoms with E-state index in [4.69, 9.17) is 4.74 Å². The van der Waals surface area contributed by atoms with Crippen LogP contribution in [0.3, 0.4) is 0 Å². The van der Waals surface area contributed by atoms with Gasteiger partial charge >= 0.3 is 0 Å². The van der Waals surface area contributed by atoms with Gasteiger partial charge in [0, 0.05) is 0 Å². The summed E-state index contributed by atoms with van der Waals surface area (Å²) in [4.78, 5) is 21.8. The predicted octanol–water partition coefficient (Wildman–Crippen LogP) is 1.26. The Labute approximate surface area is 109 Å². The molecule has 0 fully saturated rings. The van der Waals surface area contributed by atoms with Crippen LogP contribution >= 0.6 is 0 Å². The van der Waals surface area contributed by atoms with Gasteiger partial charge in [0.05, 0.1) is 23.6 Å². The number of hydrogen-bond acceptors (Lipinski definition) is 5. The number of halogens is 1. The van der Waals surface area contributed by atoms with Crippen LogP contribution in [-0.4, -0.2) is 31.5 Å². The van der Waals surface area contributed by atoms with Gasteiger partial charge in [-0.3, -0.25) is 9.59 Å².